The van der Waals surface area contributed by atoms with Crippen molar-refractivity contribution in [3.63, 3.8) is 0 Å². The summed E-state index contributed by atoms with van der Waals surface area (Å²) in [4.78, 5) is 12.3. The van der Waals surface area contributed by atoms with Crippen molar-refractivity contribution in [3.05, 3.63) is 81.8 Å². The van der Waals surface area contributed by atoms with Gasteiger partial charge in [0.15, 0.2) is 18.1 Å². The van der Waals surface area contributed by atoms with Crippen LogP contribution in [-0.4, -0.2) is 19.1 Å². The number of aryl methyl sites for hydroxylation is 1. The number of ether oxygens (including phenoxy) is 2. The van der Waals surface area contributed by atoms with Crippen LogP contribution in [-0.2, 0) is 11.3 Å². The number of nitrogens with one attached hydrogen (secondary N) is 2. The number of hydrogen-bond acceptors (Lipinski definition) is 4. The summed E-state index contributed by atoms with van der Waals surface area (Å²) < 4.78 is 11.4. The van der Waals surface area contributed by atoms with Crippen molar-refractivity contribution in [2.75, 3.05) is 23.8 Å². The smallest absolute Gasteiger partial charge is 0.262 e. The van der Waals surface area contributed by atoms with Crippen LogP contribution in [0.25, 0.3) is 0 Å². The molecule has 5 nitrogen and oxygen atoms in total. The Balaban J connectivity index is 1.66. The topological polar surface area (TPSA) is 59.6 Å². The summed E-state index contributed by atoms with van der Waals surface area (Å²) in [5.74, 6) is 0.557. The highest BCUT2D eigenvalue weighted by atomic mass is 35.5. The zero-order chi connectivity index (χ0) is 22.2. The van der Waals surface area contributed by atoms with Gasteiger partial charge in [-0.15, -0.1) is 0 Å². The maximum atomic E-state index is 12.3. The van der Waals surface area contributed by atoms with Crippen LogP contribution in [0, 0.1) is 6.92 Å². The van der Waals surface area contributed by atoms with Crippen LogP contribution in [0.4, 0.5) is 11.4 Å². The zero-order valence-corrected chi connectivity index (χ0v) is 18.9. The Morgan fingerprint density at radius 1 is 0.968 bits per heavy atom. The summed E-state index contributed by atoms with van der Waals surface area (Å²) in [5, 5.41) is 7.18. The lowest BCUT2D eigenvalue weighted by atomic mass is 10.2. The van der Waals surface area contributed by atoms with Gasteiger partial charge in [-0.25, -0.2) is 0 Å². The molecule has 3 aromatic carbocycles. The second kappa shape index (κ2) is 10.9. The molecule has 0 aromatic heterocycles. The Hall–Kier alpha value is -2.89. The molecule has 162 valence electrons. The quantitative estimate of drug-likeness (QED) is 0.393. The van der Waals surface area contributed by atoms with Crippen LogP contribution in [0.5, 0.6) is 11.5 Å². The summed E-state index contributed by atoms with van der Waals surface area (Å²) in [7, 11) is 0. The lowest BCUT2D eigenvalue weighted by Crippen LogP contribution is -2.20. The summed E-state index contributed by atoms with van der Waals surface area (Å²) in [6.45, 7) is 4.63. The van der Waals surface area contributed by atoms with Crippen LogP contribution >= 0.6 is 23.2 Å². The lowest BCUT2D eigenvalue weighted by molar-refractivity contribution is -0.118. The molecular formula is C24H24Cl2N2O3. The highest BCUT2D eigenvalue weighted by Gasteiger charge is 2.15. The molecule has 0 spiro atoms. The van der Waals surface area contributed by atoms with E-state index in [2.05, 4.69) is 10.6 Å². The van der Waals surface area contributed by atoms with Crippen molar-refractivity contribution >= 4 is 40.5 Å². The third-order valence-corrected chi connectivity index (χ3v) is 4.89. The van der Waals surface area contributed by atoms with Crippen molar-refractivity contribution < 1.29 is 14.3 Å². The lowest BCUT2D eigenvalue weighted by Gasteiger charge is -2.16. The first-order chi connectivity index (χ1) is 14.9. The number of amides is 1. The van der Waals surface area contributed by atoms with Crippen LogP contribution in [0.3, 0.4) is 0 Å². The molecule has 1 amide bonds. The van der Waals surface area contributed by atoms with E-state index in [0.29, 0.717) is 40.4 Å². The number of carbonyl (C=O) groups excluding carboxylic acids is 1. The van der Waals surface area contributed by atoms with Crippen molar-refractivity contribution in [2.24, 2.45) is 0 Å². The molecule has 3 aromatic rings. The number of carbonyl (C=O) groups is 1. The number of benzene rings is 3. The van der Waals surface area contributed by atoms with Gasteiger partial charge in [0, 0.05) is 22.9 Å². The SMILES string of the molecule is CCOc1cc(CNc2ccc(Cl)cc2)cc(Cl)c1OCC(=O)Nc1cccc(C)c1. The third-order valence-electron chi connectivity index (χ3n) is 4.36. The zero-order valence-electron chi connectivity index (χ0n) is 17.4. The second-order valence-corrected chi connectivity index (χ2v) is 7.75. The normalized spacial score (nSPS) is 10.5. The first-order valence-corrected chi connectivity index (χ1v) is 10.6. The standard InChI is InChI=1S/C24H24Cl2N2O3/c1-3-30-22-13-17(14-27-19-9-7-18(25)8-10-19)12-21(26)24(22)31-15-23(29)28-20-6-4-5-16(2)11-20/h4-13,27H,3,14-15H2,1-2H3,(H,28,29). The molecule has 0 fully saturated rings. The number of hydrogen-bond donors (Lipinski definition) is 2. The third kappa shape index (κ3) is 6.81. The molecule has 0 atom stereocenters. The maximum absolute atomic E-state index is 12.3. The molecule has 0 saturated heterocycles. The number of halogens is 2. The molecule has 0 radical (unpaired) electrons. The van der Waals surface area contributed by atoms with Crippen molar-refractivity contribution in [1.82, 2.24) is 0 Å². The Morgan fingerprint density at radius 3 is 2.45 bits per heavy atom. The van der Waals surface area contributed by atoms with Gasteiger partial charge >= 0.3 is 0 Å². The molecule has 7 heteroatoms. The Bertz CT molecular complexity index is 1040. The first kappa shape index (κ1) is 22.8. The first-order valence-electron chi connectivity index (χ1n) is 9.88. The van der Waals surface area contributed by atoms with Gasteiger partial charge in [-0.05, 0) is 73.5 Å². The predicted octanol–water partition coefficient (Wildman–Crippen LogP) is 6.33. The van der Waals surface area contributed by atoms with Gasteiger partial charge in [-0.2, -0.15) is 0 Å². The highest BCUT2D eigenvalue weighted by molar-refractivity contribution is 6.32. The Labute approximate surface area is 192 Å². The van der Waals surface area contributed by atoms with E-state index in [0.717, 1.165) is 16.8 Å². The second-order valence-electron chi connectivity index (χ2n) is 6.90. The van der Waals surface area contributed by atoms with Gasteiger partial charge < -0.3 is 20.1 Å². The summed E-state index contributed by atoms with van der Waals surface area (Å²) in [6.07, 6.45) is 0. The van der Waals surface area contributed by atoms with E-state index in [-0.39, 0.29) is 12.5 Å². The molecular weight excluding hydrogens is 435 g/mol. The van der Waals surface area contributed by atoms with Gasteiger partial charge in [0.05, 0.1) is 11.6 Å². The molecule has 0 saturated carbocycles. The van der Waals surface area contributed by atoms with Crippen LogP contribution in [0.15, 0.2) is 60.7 Å². The number of rotatable bonds is 9. The van der Waals surface area contributed by atoms with Gasteiger partial charge in [0.1, 0.15) is 0 Å². The maximum Gasteiger partial charge on any atom is 0.262 e. The van der Waals surface area contributed by atoms with Crippen molar-refractivity contribution in [3.8, 4) is 11.5 Å². The van der Waals surface area contributed by atoms with Crippen LogP contribution < -0.4 is 20.1 Å². The number of anilines is 2. The monoisotopic (exact) mass is 458 g/mol. The van der Waals surface area contributed by atoms with Crippen molar-refractivity contribution in [2.45, 2.75) is 20.4 Å². The van der Waals surface area contributed by atoms with Gasteiger partial charge in [0.2, 0.25) is 0 Å². The summed E-state index contributed by atoms with van der Waals surface area (Å²) in [6, 6.07) is 18.6. The molecule has 3 rings (SSSR count). The molecule has 2 N–H and O–H groups in total. The predicted molar refractivity (Wildman–Crippen MR) is 127 cm³/mol. The summed E-state index contributed by atoms with van der Waals surface area (Å²) >= 11 is 12.4. The molecule has 0 bridgehead atoms. The van der Waals surface area contributed by atoms with Gasteiger partial charge in [-0.1, -0.05) is 35.3 Å². The molecule has 0 aliphatic carbocycles. The van der Waals surface area contributed by atoms with Crippen molar-refractivity contribution in [1.29, 1.82) is 0 Å². The molecule has 0 aliphatic heterocycles. The summed E-state index contributed by atoms with van der Waals surface area (Å²) in [5.41, 5.74) is 3.63. The van der Waals surface area contributed by atoms with E-state index >= 15 is 0 Å². The fourth-order valence-electron chi connectivity index (χ4n) is 2.96. The minimum absolute atomic E-state index is 0.184. The van der Waals surface area contributed by atoms with E-state index in [4.69, 9.17) is 32.7 Å². The minimum Gasteiger partial charge on any atom is -0.490 e. The van der Waals surface area contributed by atoms with E-state index in [9.17, 15) is 4.79 Å². The molecule has 0 aliphatic rings. The van der Waals surface area contributed by atoms with E-state index < -0.39 is 0 Å². The minimum atomic E-state index is -0.280. The Morgan fingerprint density at radius 2 is 1.74 bits per heavy atom. The van der Waals surface area contributed by atoms with Crippen LogP contribution in [0.1, 0.15) is 18.1 Å². The average Bonchev–Trinajstić information content (AvgIpc) is 2.73. The van der Waals surface area contributed by atoms with Gasteiger partial charge in [0.25, 0.3) is 5.91 Å². The van der Waals surface area contributed by atoms with Crippen LogP contribution in [0.2, 0.25) is 10.0 Å². The van der Waals surface area contributed by atoms with E-state index in [1.54, 1.807) is 6.07 Å². The fourth-order valence-corrected chi connectivity index (χ4v) is 3.37. The average molecular weight is 459 g/mol. The van der Waals surface area contributed by atoms with E-state index in [1.165, 1.54) is 0 Å². The fraction of sp³-hybridized carbons (Fsp3) is 0.208. The van der Waals surface area contributed by atoms with Gasteiger partial charge in [-0.3, -0.25) is 4.79 Å². The van der Waals surface area contributed by atoms with E-state index in [1.807, 2.05) is 68.4 Å². The highest BCUT2D eigenvalue weighted by Crippen LogP contribution is 2.37. The molecule has 31 heavy (non-hydrogen) atoms. The Kier molecular flexibility index (Phi) is 8.04. The largest absolute Gasteiger partial charge is 0.490 e. The molecule has 0 unspecified atom stereocenters. The molecule has 0 heterocycles.